The first-order chi connectivity index (χ1) is 9.34. The molecule has 1 aromatic heterocycles. The van der Waals surface area contributed by atoms with Crippen LogP contribution in [0.3, 0.4) is 0 Å². The van der Waals surface area contributed by atoms with Crippen LogP contribution in [0.5, 0.6) is 0 Å². The molecule has 0 saturated carbocycles. The molecule has 0 unspecified atom stereocenters. The number of aromatic nitrogens is 2. The Morgan fingerprint density at radius 3 is 2.84 bits per heavy atom. The largest absolute Gasteiger partial charge is 0.336 e. The Morgan fingerprint density at radius 1 is 1.26 bits per heavy atom. The summed E-state index contributed by atoms with van der Waals surface area (Å²) in [6.45, 7) is 3.28. The van der Waals surface area contributed by atoms with Crippen molar-refractivity contribution >= 4 is 5.91 Å². The first-order valence-corrected chi connectivity index (χ1v) is 6.43. The van der Waals surface area contributed by atoms with Crippen molar-refractivity contribution in [2.45, 2.75) is 0 Å². The Bertz CT molecular complexity index is 559. The number of imidazole rings is 1. The van der Waals surface area contributed by atoms with Gasteiger partial charge in [-0.15, -0.1) is 0 Å². The standard InChI is InChI=1S/C14H16N4O/c19-14(17-7-4-15-5-8-17)12-2-1-3-13(10-12)18-9-6-16-11-18/h1-3,6,9-11,15H,4-5,7-8H2. The molecule has 1 saturated heterocycles. The van der Waals surface area contributed by atoms with Crippen LogP contribution < -0.4 is 5.32 Å². The average Bonchev–Trinajstić information content (AvgIpc) is 3.02. The minimum absolute atomic E-state index is 0.100. The van der Waals surface area contributed by atoms with E-state index in [2.05, 4.69) is 10.3 Å². The van der Waals surface area contributed by atoms with Crippen molar-refractivity contribution in [3.05, 3.63) is 48.5 Å². The maximum atomic E-state index is 12.4. The van der Waals surface area contributed by atoms with Crippen LogP contribution >= 0.6 is 0 Å². The molecule has 1 amide bonds. The fourth-order valence-electron chi connectivity index (χ4n) is 2.26. The molecule has 0 atom stereocenters. The lowest BCUT2D eigenvalue weighted by molar-refractivity contribution is 0.0736. The number of piperazine rings is 1. The highest BCUT2D eigenvalue weighted by atomic mass is 16.2. The van der Waals surface area contributed by atoms with Gasteiger partial charge in [0.15, 0.2) is 0 Å². The van der Waals surface area contributed by atoms with E-state index >= 15 is 0 Å². The van der Waals surface area contributed by atoms with E-state index in [1.165, 1.54) is 0 Å². The number of nitrogens with zero attached hydrogens (tertiary/aromatic N) is 3. The van der Waals surface area contributed by atoms with Crippen LogP contribution in [0.4, 0.5) is 0 Å². The molecular weight excluding hydrogens is 240 g/mol. The van der Waals surface area contributed by atoms with Gasteiger partial charge in [0.25, 0.3) is 5.91 Å². The Hall–Kier alpha value is -2.14. The molecule has 2 heterocycles. The monoisotopic (exact) mass is 256 g/mol. The number of carbonyl (C=O) groups excluding carboxylic acids is 1. The molecule has 19 heavy (non-hydrogen) atoms. The molecule has 1 aliphatic rings. The van der Waals surface area contributed by atoms with Gasteiger partial charge in [0.2, 0.25) is 0 Å². The Labute approximate surface area is 111 Å². The topological polar surface area (TPSA) is 50.2 Å². The molecular formula is C14H16N4O. The highest BCUT2D eigenvalue weighted by Gasteiger charge is 2.17. The fraction of sp³-hybridized carbons (Fsp3) is 0.286. The predicted octanol–water partition coefficient (Wildman–Crippen LogP) is 0.918. The SMILES string of the molecule is O=C(c1cccc(-n2ccnc2)c1)N1CCNCC1. The number of hydrogen-bond donors (Lipinski definition) is 1. The van der Waals surface area contributed by atoms with Crippen molar-refractivity contribution < 1.29 is 4.79 Å². The third-order valence-electron chi connectivity index (χ3n) is 3.30. The van der Waals surface area contributed by atoms with Crippen LogP contribution in [0.2, 0.25) is 0 Å². The summed E-state index contributed by atoms with van der Waals surface area (Å²) in [5.41, 5.74) is 1.69. The average molecular weight is 256 g/mol. The van der Waals surface area contributed by atoms with Crippen LogP contribution in [0.25, 0.3) is 5.69 Å². The molecule has 3 rings (SSSR count). The summed E-state index contributed by atoms with van der Waals surface area (Å²) < 4.78 is 1.90. The summed E-state index contributed by atoms with van der Waals surface area (Å²) >= 11 is 0. The van der Waals surface area contributed by atoms with Crippen molar-refractivity contribution in [1.82, 2.24) is 19.8 Å². The van der Waals surface area contributed by atoms with Gasteiger partial charge in [0.05, 0.1) is 6.33 Å². The zero-order valence-corrected chi connectivity index (χ0v) is 10.6. The van der Waals surface area contributed by atoms with Crippen molar-refractivity contribution in [3.63, 3.8) is 0 Å². The van der Waals surface area contributed by atoms with Gasteiger partial charge in [0.1, 0.15) is 0 Å². The van der Waals surface area contributed by atoms with Gasteiger partial charge in [-0.2, -0.15) is 0 Å². The Kier molecular flexibility index (Phi) is 3.29. The van der Waals surface area contributed by atoms with E-state index in [1.807, 2.05) is 39.9 Å². The zero-order valence-electron chi connectivity index (χ0n) is 10.6. The molecule has 0 spiro atoms. The molecule has 98 valence electrons. The van der Waals surface area contributed by atoms with Crippen LogP contribution in [-0.2, 0) is 0 Å². The van der Waals surface area contributed by atoms with E-state index in [9.17, 15) is 4.79 Å². The van der Waals surface area contributed by atoms with E-state index in [1.54, 1.807) is 12.5 Å². The smallest absolute Gasteiger partial charge is 0.254 e. The van der Waals surface area contributed by atoms with Gasteiger partial charge < -0.3 is 14.8 Å². The van der Waals surface area contributed by atoms with Gasteiger partial charge >= 0.3 is 0 Å². The highest BCUT2D eigenvalue weighted by Crippen LogP contribution is 2.12. The molecule has 5 heteroatoms. The second-order valence-electron chi connectivity index (χ2n) is 4.56. The summed E-state index contributed by atoms with van der Waals surface area (Å²) in [7, 11) is 0. The van der Waals surface area contributed by atoms with Gasteiger partial charge in [-0.05, 0) is 18.2 Å². The predicted molar refractivity (Wildman–Crippen MR) is 72.3 cm³/mol. The third kappa shape index (κ3) is 2.51. The van der Waals surface area contributed by atoms with Crippen LogP contribution in [0.15, 0.2) is 43.0 Å². The molecule has 5 nitrogen and oxygen atoms in total. The highest BCUT2D eigenvalue weighted by molar-refractivity contribution is 5.94. The summed E-state index contributed by atoms with van der Waals surface area (Å²) in [5.74, 6) is 0.100. The second kappa shape index (κ2) is 5.24. The molecule has 1 fully saturated rings. The molecule has 0 bridgehead atoms. The summed E-state index contributed by atoms with van der Waals surface area (Å²) in [6.07, 6.45) is 5.33. The lowest BCUT2D eigenvalue weighted by Crippen LogP contribution is -2.46. The summed E-state index contributed by atoms with van der Waals surface area (Å²) in [4.78, 5) is 18.3. The molecule has 1 aromatic carbocycles. The van der Waals surface area contributed by atoms with Crippen molar-refractivity contribution in [3.8, 4) is 5.69 Å². The van der Waals surface area contributed by atoms with E-state index < -0.39 is 0 Å². The van der Waals surface area contributed by atoms with Gasteiger partial charge in [-0.1, -0.05) is 6.07 Å². The molecule has 0 aliphatic carbocycles. The lowest BCUT2D eigenvalue weighted by atomic mass is 10.1. The van der Waals surface area contributed by atoms with Crippen LogP contribution in [-0.4, -0.2) is 46.5 Å². The van der Waals surface area contributed by atoms with Crippen molar-refractivity contribution in [2.24, 2.45) is 0 Å². The number of hydrogen-bond acceptors (Lipinski definition) is 3. The Morgan fingerprint density at radius 2 is 2.11 bits per heavy atom. The van der Waals surface area contributed by atoms with E-state index in [0.29, 0.717) is 0 Å². The van der Waals surface area contributed by atoms with E-state index in [-0.39, 0.29) is 5.91 Å². The third-order valence-corrected chi connectivity index (χ3v) is 3.30. The molecule has 1 aliphatic heterocycles. The number of benzene rings is 1. The van der Waals surface area contributed by atoms with Crippen LogP contribution in [0, 0.1) is 0 Å². The van der Waals surface area contributed by atoms with Gasteiger partial charge in [0, 0.05) is 49.8 Å². The summed E-state index contributed by atoms with van der Waals surface area (Å²) in [5, 5.41) is 3.25. The number of rotatable bonds is 2. The fourth-order valence-corrected chi connectivity index (χ4v) is 2.26. The van der Waals surface area contributed by atoms with E-state index in [4.69, 9.17) is 0 Å². The van der Waals surface area contributed by atoms with Gasteiger partial charge in [-0.25, -0.2) is 4.98 Å². The first kappa shape index (κ1) is 11.9. The van der Waals surface area contributed by atoms with Crippen molar-refractivity contribution in [2.75, 3.05) is 26.2 Å². The normalized spacial score (nSPS) is 15.5. The van der Waals surface area contributed by atoms with Gasteiger partial charge in [-0.3, -0.25) is 4.79 Å². The minimum Gasteiger partial charge on any atom is -0.336 e. The summed E-state index contributed by atoms with van der Waals surface area (Å²) in [6, 6.07) is 7.65. The van der Waals surface area contributed by atoms with E-state index in [0.717, 1.165) is 37.4 Å². The first-order valence-electron chi connectivity index (χ1n) is 6.43. The van der Waals surface area contributed by atoms with Crippen molar-refractivity contribution in [1.29, 1.82) is 0 Å². The molecule has 0 radical (unpaired) electrons. The second-order valence-corrected chi connectivity index (χ2v) is 4.56. The number of amides is 1. The molecule has 2 aromatic rings. The quantitative estimate of drug-likeness (QED) is 0.869. The molecule has 1 N–H and O–H groups in total. The number of nitrogens with one attached hydrogen (secondary N) is 1. The maximum Gasteiger partial charge on any atom is 0.254 e. The number of carbonyl (C=O) groups is 1. The Balaban J connectivity index is 1.84. The lowest BCUT2D eigenvalue weighted by Gasteiger charge is -2.27. The minimum atomic E-state index is 0.100. The van der Waals surface area contributed by atoms with Crippen LogP contribution in [0.1, 0.15) is 10.4 Å². The zero-order chi connectivity index (χ0) is 13.1. The maximum absolute atomic E-state index is 12.4.